The van der Waals surface area contributed by atoms with E-state index in [0.29, 0.717) is 5.69 Å². The lowest BCUT2D eigenvalue weighted by Crippen LogP contribution is -2.44. The average Bonchev–Trinajstić information content (AvgIpc) is 2.34. The summed E-state index contributed by atoms with van der Waals surface area (Å²) >= 11 is 0. The molecule has 98 valence electrons. The van der Waals surface area contributed by atoms with Crippen LogP contribution in [0.1, 0.15) is 31.4 Å². The number of hydrogen-bond acceptors (Lipinski definition) is 4. The number of hydrogen-bond donors (Lipinski definition) is 1. The molecule has 2 rings (SSSR count). The molecule has 0 unspecified atom stereocenters. The van der Waals surface area contributed by atoms with E-state index in [-0.39, 0.29) is 31.4 Å². The minimum Gasteiger partial charge on any atom is -0.320 e. The summed E-state index contributed by atoms with van der Waals surface area (Å²) in [6.45, 7) is 0. The Kier molecular flexibility index (Phi) is 3.02. The highest BCUT2D eigenvalue weighted by atomic mass is 19.3. The largest absolute Gasteiger partial charge is 0.320 e. The Balaban J connectivity index is 2.18. The first-order valence-electron chi connectivity index (χ1n) is 5.60. The van der Waals surface area contributed by atoms with E-state index in [2.05, 4.69) is 4.98 Å². The molecule has 1 fully saturated rings. The Bertz CT molecular complexity index is 452. The van der Waals surface area contributed by atoms with Crippen molar-refractivity contribution >= 4 is 5.69 Å². The zero-order valence-electron chi connectivity index (χ0n) is 9.60. The number of nitrogens with zero attached hydrogens (tertiary/aromatic N) is 2. The van der Waals surface area contributed by atoms with Gasteiger partial charge in [-0.1, -0.05) is 0 Å². The second-order valence-electron chi connectivity index (χ2n) is 4.67. The van der Waals surface area contributed by atoms with Crippen molar-refractivity contribution in [2.45, 2.75) is 37.1 Å². The van der Waals surface area contributed by atoms with Gasteiger partial charge in [-0.25, -0.2) is 8.78 Å². The van der Waals surface area contributed by atoms with E-state index in [1.807, 2.05) is 0 Å². The van der Waals surface area contributed by atoms with Gasteiger partial charge in [0.1, 0.15) is 6.20 Å². The van der Waals surface area contributed by atoms with Crippen molar-refractivity contribution in [3.05, 3.63) is 34.1 Å². The van der Waals surface area contributed by atoms with Gasteiger partial charge in [0, 0.05) is 18.9 Å². The molecule has 0 saturated heterocycles. The fourth-order valence-corrected chi connectivity index (χ4v) is 2.11. The third kappa shape index (κ3) is 2.45. The lowest BCUT2D eigenvalue weighted by atomic mass is 9.78. The molecule has 1 saturated carbocycles. The summed E-state index contributed by atoms with van der Waals surface area (Å²) in [6.07, 6.45) is 0.816. The lowest BCUT2D eigenvalue weighted by molar-refractivity contribution is -0.385. The second-order valence-corrected chi connectivity index (χ2v) is 4.67. The van der Waals surface area contributed by atoms with E-state index in [9.17, 15) is 18.9 Å². The maximum absolute atomic E-state index is 13.1. The Labute approximate surface area is 102 Å². The van der Waals surface area contributed by atoms with Crippen LogP contribution < -0.4 is 5.73 Å². The highest BCUT2D eigenvalue weighted by molar-refractivity contribution is 5.29. The Morgan fingerprint density at radius 2 is 1.89 bits per heavy atom. The fourth-order valence-electron chi connectivity index (χ4n) is 2.11. The van der Waals surface area contributed by atoms with Crippen LogP contribution in [-0.2, 0) is 5.54 Å². The van der Waals surface area contributed by atoms with Gasteiger partial charge < -0.3 is 5.73 Å². The van der Waals surface area contributed by atoms with Gasteiger partial charge in [-0.15, -0.1) is 0 Å². The van der Waals surface area contributed by atoms with Crippen molar-refractivity contribution in [2.75, 3.05) is 0 Å². The van der Waals surface area contributed by atoms with Gasteiger partial charge in [0.2, 0.25) is 5.92 Å². The number of pyridine rings is 1. The molecule has 7 heteroatoms. The molecule has 1 aliphatic carbocycles. The summed E-state index contributed by atoms with van der Waals surface area (Å²) in [4.78, 5) is 13.9. The van der Waals surface area contributed by atoms with Crippen LogP contribution in [0, 0.1) is 10.1 Å². The van der Waals surface area contributed by atoms with Crippen LogP contribution >= 0.6 is 0 Å². The predicted octanol–water partition coefficient (Wildman–Crippen LogP) is 2.35. The molecular weight excluding hydrogens is 244 g/mol. The number of nitro groups is 1. The van der Waals surface area contributed by atoms with Gasteiger partial charge in [0.25, 0.3) is 5.69 Å². The van der Waals surface area contributed by atoms with E-state index < -0.39 is 16.4 Å². The van der Waals surface area contributed by atoms with Crippen molar-refractivity contribution in [1.82, 2.24) is 4.98 Å². The normalized spacial score (nSPS) is 21.5. The topological polar surface area (TPSA) is 82.0 Å². The molecule has 0 aromatic carbocycles. The SMILES string of the molecule is NC1(c2ccc([N+](=O)[O-])cn2)CCC(F)(F)CC1. The molecule has 2 N–H and O–H groups in total. The van der Waals surface area contributed by atoms with Crippen LogP contribution in [0.3, 0.4) is 0 Å². The van der Waals surface area contributed by atoms with E-state index in [1.54, 1.807) is 0 Å². The molecule has 1 heterocycles. The highest BCUT2D eigenvalue weighted by Gasteiger charge is 2.42. The molecule has 0 bridgehead atoms. The van der Waals surface area contributed by atoms with E-state index in [1.165, 1.54) is 12.1 Å². The van der Waals surface area contributed by atoms with Gasteiger partial charge in [-0.3, -0.25) is 15.1 Å². The lowest BCUT2D eigenvalue weighted by Gasteiger charge is -2.36. The Hall–Kier alpha value is -1.63. The van der Waals surface area contributed by atoms with Crippen molar-refractivity contribution in [1.29, 1.82) is 0 Å². The van der Waals surface area contributed by atoms with Crippen LogP contribution in [0.15, 0.2) is 18.3 Å². The standard InChI is InChI=1S/C11H13F2N3O2/c12-11(13)5-3-10(14,4-6-11)9-2-1-8(7-15-9)16(17)18/h1-2,7H,3-6,14H2. The molecule has 5 nitrogen and oxygen atoms in total. The van der Waals surface area contributed by atoms with Gasteiger partial charge in [-0.2, -0.15) is 0 Å². The van der Waals surface area contributed by atoms with Gasteiger partial charge in [-0.05, 0) is 18.9 Å². The van der Waals surface area contributed by atoms with E-state index in [0.717, 1.165) is 6.20 Å². The Morgan fingerprint density at radius 1 is 1.28 bits per heavy atom. The number of halogens is 2. The van der Waals surface area contributed by atoms with Gasteiger partial charge in [0.05, 0.1) is 16.2 Å². The summed E-state index contributed by atoms with van der Waals surface area (Å²) < 4.78 is 26.1. The molecule has 0 spiro atoms. The molecule has 1 aromatic rings. The molecule has 0 aliphatic heterocycles. The zero-order chi connectivity index (χ0) is 13.4. The third-order valence-corrected chi connectivity index (χ3v) is 3.34. The molecule has 18 heavy (non-hydrogen) atoms. The Morgan fingerprint density at radius 3 is 2.33 bits per heavy atom. The predicted molar refractivity (Wildman–Crippen MR) is 60.2 cm³/mol. The first-order chi connectivity index (χ1) is 8.32. The maximum atomic E-state index is 13.1. The quantitative estimate of drug-likeness (QED) is 0.651. The highest BCUT2D eigenvalue weighted by Crippen LogP contribution is 2.41. The summed E-state index contributed by atoms with van der Waals surface area (Å²) in [5, 5.41) is 10.5. The molecule has 0 radical (unpaired) electrons. The summed E-state index contributed by atoms with van der Waals surface area (Å²) in [5.74, 6) is -2.66. The minimum atomic E-state index is -2.66. The second kappa shape index (κ2) is 4.24. The first kappa shape index (κ1) is 12.8. The van der Waals surface area contributed by atoms with Gasteiger partial charge in [0.15, 0.2) is 0 Å². The van der Waals surface area contributed by atoms with Crippen LogP contribution in [0.25, 0.3) is 0 Å². The number of rotatable bonds is 2. The van der Waals surface area contributed by atoms with E-state index >= 15 is 0 Å². The first-order valence-corrected chi connectivity index (χ1v) is 5.60. The third-order valence-electron chi connectivity index (χ3n) is 3.34. The minimum absolute atomic E-state index is 0.130. The maximum Gasteiger partial charge on any atom is 0.287 e. The van der Waals surface area contributed by atoms with Crippen LogP contribution in [0.4, 0.5) is 14.5 Å². The number of nitrogens with two attached hydrogens (primary N) is 1. The molecule has 0 amide bonds. The fraction of sp³-hybridized carbons (Fsp3) is 0.545. The zero-order valence-corrected chi connectivity index (χ0v) is 9.60. The van der Waals surface area contributed by atoms with Crippen LogP contribution in [0.2, 0.25) is 0 Å². The molecule has 0 atom stereocenters. The monoisotopic (exact) mass is 257 g/mol. The van der Waals surface area contributed by atoms with Gasteiger partial charge >= 0.3 is 0 Å². The van der Waals surface area contributed by atoms with Crippen LogP contribution in [0.5, 0.6) is 0 Å². The molecule has 1 aromatic heterocycles. The molecule has 1 aliphatic rings. The van der Waals surface area contributed by atoms with Crippen molar-refractivity contribution in [2.24, 2.45) is 5.73 Å². The summed E-state index contributed by atoms with van der Waals surface area (Å²) in [7, 11) is 0. The summed E-state index contributed by atoms with van der Waals surface area (Å²) in [6, 6.07) is 2.74. The molecular formula is C11H13F2N3O2. The van der Waals surface area contributed by atoms with Crippen LogP contribution in [-0.4, -0.2) is 15.8 Å². The van der Waals surface area contributed by atoms with Crippen molar-refractivity contribution in [3.8, 4) is 0 Å². The average molecular weight is 257 g/mol. The number of aromatic nitrogens is 1. The van der Waals surface area contributed by atoms with Crippen molar-refractivity contribution in [3.63, 3.8) is 0 Å². The number of alkyl halides is 2. The summed E-state index contributed by atoms with van der Waals surface area (Å²) in [5.41, 5.74) is 5.45. The van der Waals surface area contributed by atoms with E-state index in [4.69, 9.17) is 5.73 Å². The smallest absolute Gasteiger partial charge is 0.287 e. The van der Waals surface area contributed by atoms with Crippen molar-refractivity contribution < 1.29 is 13.7 Å².